The second-order valence-corrected chi connectivity index (χ2v) is 9.15. The van der Waals surface area contributed by atoms with Gasteiger partial charge in [0.2, 0.25) is 0 Å². The molecule has 3 rings (SSSR count). The summed E-state index contributed by atoms with van der Waals surface area (Å²) in [5.74, 6) is 1.12. The predicted molar refractivity (Wildman–Crippen MR) is 105 cm³/mol. The van der Waals surface area contributed by atoms with Gasteiger partial charge in [-0.2, -0.15) is 0 Å². The van der Waals surface area contributed by atoms with Crippen molar-refractivity contribution in [2.45, 2.75) is 24.7 Å². The van der Waals surface area contributed by atoms with Crippen LogP contribution >= 0.6 is 0 Å². The molecule has 0 aromatic heterocycles. The van der Waals surface area contributed by atoms with Crippen molar-refractivity contribution in [3.63, 3.8) is 0 Å². The van der Waals surface area contributed by atoms with Crippen molar-refractivity contribution in [1.82, 2.24) is 4.90 Å². The lowest BCUT2D eigenvalue weighted by Gasteiger charge is -2.33. The molecule has 0 aliphatic carbocycles. The molecule has 1 aliphatic heterocycles. The van der Waals surface area contributed by atoms with Crippen LogP contribution in [-0.4, -0.2) is 45.2 Å². The Morgan fingerprint density at radius 1 is 1.15 bits per heavy atom. The number of sulfone groups is 1. The standard InChI is InChI=1S/C21H25NO4S/c1-16-6-3-4-8-20(16)26-15-17-7-5-13-22(14-17)21(23)18-9-11-19(12-10-18)27(2,24)25/h3-4,6,8-12,17H,5,7,13-15H2,1-2H3/t17-/m0/s1. The number of likely N-dealkylation sites (tertiary alicyclic amines) is 1. The van der Waals surface area contributed by atoms with Gasteiger partial charge in [0.15, 0.2) is 9.84 Å². The van der Waals surface area contributed by atoms with Crippen molar-refractivity contribution >= 4 is 15.7 Å². The van der Waals surface area contributed by atoms with Crippen LogP contribution in [-0.2, 0) is 9.84 Å². The Balaban J connectivity index is 1.62. The average Bonchev–Trinajstić information content (AvgIpc) is 2.66. The van der Waals surface area contributed by atoms with Crippen LogP contribution in [0.3, 0.4) is 0 Å². The average molecular weight is 388 g/mol. The number of para-hydroxylation sites is 1. The van der Waals surface area contributed by atoms with E-state index in [1.807, 2.05) is 36.1 Å². The number of amides is 1. The molecule has 0 bridgehead atoms. The molecule has 0 radical (unpaired) electrons. The van der Waals surface area contributed by atoms with Crippen molar-refractivity contribution in [2.24, 2.45) is 5.92 Å². The molecule has 1 heterocycles. The van der Waals surface area contributed by atoms with Gasteiger partial charge in [-0.05, 0) is 55.7 Å². The maximum atomic E-state index is 12.8. The number of carbonyl (C=O) groups excluding carboxylic acids is 1. The molecule has 1 amide bonds. The molecule has 2 aromatic carbocycles. The normalized spacial score (nSPS) is 17.6. The molecule has 1 saturated heterocycles. The summed E-state index contributed by atoms with van der Waals surface area (Å²) in [7, 11) is -3.26. The zero-order valence-electron chi connectivity index (χ0n) is 15.7. The van der Waals surface area contributed by atoms with E-state index in [0.717, 1.165) is 30.4 Å². The molecule has 0 N–H and O–H groups in total. The Labute approximate surface area is 160 Å². The molecule has 2 aromatic rings. The number of benzene rings is 2. The third-order valence-corrected chi connectivity index (χ3v) is 6.03. The maximum Gasteiger partial charge on any atom is 0.253 e. The van der Waals surface area contributed by atoms with Crippen LogP contribution in [0.1, 0.15) is 28.8 Å². The molecular weight excluding hydrogens is 362 g/mol. The largest absolute Gasteiger partial charge is 0.493 e. The number of rotatable bonds is 5. The lowest BCUT2D eigenvalue weighted by atomic mass is 9.98. The van der Waals surface area contributed by atoms with Crippen LogP contribution < -0.4 is 4.74 Å². The first kappa shape index (κ1) is 19.4. The summed E-state index contributed by atoms with van der Waals surface area (Å²) < 4.78 is 29.1. The van der Waals surface area contributed by atoms with Crippen LogP contribution in [0.2, 0.25) is 0 Å². The van der Waals surface area contributed by atoms with Gasteiger partial charge in [-0.3, -0.25) is 4.79 Å². The summed E-state index contributed by atoms with van der Waals surface area (Å²) in [5, 5.41) is 0. The highest BCUT2D eigenvalue weighted by Crippen LogP contribution is 2.22. The smallest absolute Gasteiger partial charge is 0.253 e. The van der Waals surface area contributed by atoms with Crippen molar-refractivity contribution in [3.8, 4) is 5.75 Å². The Kier molecular flexibility index (Phi) is 5.85. The van der Waals surface area contributed by atoms with Crippen LogP contribution in [0, 0.1) is 12.8 Å². The molecule has 0 spiro atoms. The molecule has 6 heteroatoms. The Morgan fingerprint density at radius 3 is 2.52 bits per heavy atom. The minimum absolute atomic E-state index is 0.0596. The van der Waals surface area contributed by atoms with Gasteiger partial charge in [0.25, 0.3) is 5.91 Å². The highest BCUT2D eigenvalue weighted by atomic mass is 32.2. The topological polar surface area (TPSA) is 63.7 Å². The number of hydrogen-bond acceptors (Lipinski definition) is 4. The van der Waals surface area contributed by atoms with Gasteiger partial charge >= 0.3 is 0 Å². The molecule has 0 unspecified atom stereocenters. The second kappa shape index (κ2) is 8.13. The van der Waals surface area contributed by atoms with Crippen LogP contribution in [0.5, 0.6) is 5.75 Å². The first-order valence-electron chi connectivity index (χ1n) is 9.12. The minimum Gasteiger partial charge on any atom is -0.493 e. The van der Waals surface area contributed by atoms with Crippen molar-refractivity contribution in [1.29, 1.82) is 0 Å². The fourth-order valence-electron chi connectivity index (χ4n) is 3.34. The number of aryl methyl sites for hydroxylation is 1. The van der Waals surface area contributed by atoms with Crippen molar-refractivity contribution in [2.75, 3.05) is 26.0 Å². The zero-order valence-corrected chi connectivity index (χ0v) is 16.5. The van der Waals surface area contributed by atoms with E-state index in [2.05, 4.69) is 0 Å². The predicted octanol–water partition coefficient (Wildman–Crippen LogP) is 3.33. The molecule has 1 aliphatic rings. The van der Waals surface area contributed by atoms with Crippen molar-refractivity contribution < 1.29 is 17.9 Å². The van der Waals surface area contributed by atoms with E-state index in [4.69, 9.17) is 4.74 Å². The Morgan fingerprint density at radius 2 is 1.85 bits per heavy atom. The maximum absolute atomic E-state index is 12.8. The number of nitrogens with zero attached hydrogens (tertiary/aromatic N) is 1. The summed E-state index contributed by atoms with van der Waals surface area (Å²) >= 11 is 0. The van der Waals surface area contributed by atoms with Gasteiger partial charge in [-0.15, -0.1) is 0 Å². The van der Waals surface area contributed by atoms with Crippen LogP contribution in [0.25, 0.3) is 0 Å². The lowest BCUT2D eigenvalue weighted by molar-refractivity contribution is 0.0633. The summed E-state index contributed by atoms with van der Waals surface area (Å²) in [6, 6.07) is 14.1. The lowest BCUT2D eigenvalue weighted by Crippen LogP contribution is -2.41. The van der Waals surface area contributed by atoms with E-state index in [9.17, 15) is 13.2 Å². The zero-order chi connectivity index (χ0) is 19.4. The summed E-state index contributed by atoms with van der Waals surface area (Å²) in [4.78, 5) is 14.8. The third-order valence-electron chi connectivity index (χ3n) is 4.90. The first-order valence-corrected chi connectivity index (χ1v) is 11.0. The summed E-state index contributed by atoms with van der Waals surface area (Å²) in [6.07, 6.45) is 3.13. The van der Waals surface area contributed by atoms with Gasteiger partial charge in [0.05, 0.1) is 11.5 Å². The third kappa shape index (κ3) is 4.89. The second-order valence-electron chi connectivity index (χ2n) is 7.13. The van der Waals surface area contributed by atoms with E-state index in [1.165, 1.54) is 12.1 Å². The molecule has 144 valence electrons. The highest BCUT2D eigenvalue weighted by Gasteiger charge is 2.25. The monoisotopic (exact) mass is 387 g/mol. The molecule has 27 heavy (non-hydrogen) atoms. The van der Waals surface area contributed by atoms with Crippen LogP contribution in [0.15, 0.2) is 53.4 Å². The fourth-order valence-corrected chi connectivity index (χ4v) is 3.97. The SMILES string of the molecule is Cc1ccccc1OC[C@H]1CCCN(C(=O)c2ccc(S(C)(=O)=O)cc2)C1. The molecule has 1 fully saturated rings. The number of ether oxygens (including phenoxy) is 1. The number of hydrogen-bond donors (Lipinski definition) is 0. The van der Waals surface area contributed by atoms with E-state index in [1.54, 1.807) is 12.1 Å². The van der Waals surface area contributed by atoms with Gasteiger partial charge in [-0.1, -0.05) is 18.2 Å². The summed E-state index contributed by atoms with van der Waals surface area (Å²) in [5.41, 5.74) is 1.62. The van der Waals surface area contributed by atoms with Gasteiger partial charge in [0.1, 0.15) is 5.75 Å². The highest BCUT2D eigenvalue weighted by molar-refractivity contribution is 7.90. The molecule has 0 saturated carbocycles. The van der Waals surface area contributed by atoms with E-state index >= 15 is 0 Å². The minimum atomic E-state index is -3.26. The first-order chi connectivity index (χ1) is 12.8. The molecule has 1 atom stereocenters. The fraction of sp³-hybridized carbons (Fsp3) is 0.381. The Bertz CT molecular complexity index is 906. The van der Waals surface area contributed by atoms with Gasteiger partial charge < -0.3 is 9.64 Å². The molecule has 5 nitrogen and oxygen atoms in total. The van der Waals surface area contributed by atoms with Gasteiger partial charge in [0, 0.05) is 30.8 Å². The van der Waals surface area contributed by atoms with E-state index in [-0.39, 0.29) is 16.7 Å². The number of carbonyl (C=O) groups is 1. The molecular formula is C21H25NO4S. The van der Waals surface area contributed by atoms with E-state index in [0.29, 0.717) is 25.3 Å². The number of piperidine rings is 1. The summed E-state index contributed by atoms with van der Waals surface area (Å²) in [6.45, 7) is 3.97. The Hall–Kier alpha value is -2.34. The van der Waals surface area contributed by atoms with Gasteiger partial charge in [-0.25, -0.2) is 8.42 Å². The quantitative estimate of drug-likeness (QED) is 0.789. The van der Waals surface area contributed by atoms with E-state index < -0.39 is 9.84 Å². The van der Waals surface area contributed by atoms with Crippen molar-refractivity contribution in [3.05, 3.63) is 59.7 Å². The van der Waals surface area contributed by atoms with Crippen LogP contribution in [0.4, 0.5) is 0 Å².